The van der Waals surface area contributed by atoms with E-state index in [2.05, 4.69) is 17.3 Å². The number of nitrogens with zero attached hydrogens (tertiary/aromatic N) is 1. The maximum atomic E-state index is 12.1. The molecule has 0 aromatic heterocycles. The minimum absolute atomic E-state index is 0.195. The second-order valence-corrected chi connectivity index (χ2v) is 6.86. The van der Waals surface area contributed by atoms with Gasteiger partial charge in [-0.2, -0.15) is 5.26 Å². The molecule has 0 saturated heterocycles. The van der Waals surface area contributed by atoms with Crippen molar-refractivity contribution in [2.24, 2.45) is 0 Å². The molecule has 0 heterocycles. The Morgan fingerprint density at radius 2 is 1.61 bits per heavy atom. The number of benzene rings is 3. The molecule has 5 nitrogen and oxygen atoms in total. The SMILES string of the molecule is C#CCOc1ccc(/C=C(\C#N)c2ccc(NC(=O)/C=C/C(=O)c3ccccc3)cc2)cc1. The summed E-state index contributed by atoms with van der Waals surface area (Å²) in [5.41, 5.74) is 3.08. The summed E-state index contributed by atoms with van der Waals surface area (Å²) in [4.78, 5) is 24.2. The van der Waals surface area contributed by atoms with E-state index < -0.39 is 5.91 Å². The number of amides is 1. The van der Waals surface area contributed by atoms with Crippen molar-refractivity contribution in [2.75, 3.05) is 11.9 Å². The molecule has 0 aliphatic heterocycles. The lowest BCUT2D eigenvalue weighted by Crippen LogP contribution is -2.08. The third-order valence-electron chi connectivity index (χ3n) is 4.54. The van der Waals surface area contributed by atoms with Gasteiger partial charge < -0.3 is 10.1 Å². The van der Waals surface area contributed by atoms with E-state index in [0.717, 1.165) is 5.56 Å². The van der Waals surface area contributed by atoms with Crippen LogP contribution < -0.4 is 10.1 Å². The summed E-state index contributed by atoms with van der Waals surface area (Å²) < 4.78 is 5.34. The normalized spacial score (nSPS) is 10.8. The van der Waals surface area contributed by atoms with Gasteiger partial charge in [0.05, 0.1) is 11.6 Å². The van der Waals surface area contributed by atoms with Crippen molar-refractivity contribution in [2.45, 2.75) is 0 Å². The maximum Gasteiger partial charge on any atom is 0.248 e. The Kier molecular flexibility index (Phi) is 7.95. The van der Waals surface area contributed by atoms with E-state index in [9.17, 15) is 14.9 Å². The molecule has 0 aliphatic rings. The topological polar surface area (TPSA) is 79.2 Å². The van der Waals surface area contributed by atoms with Crippen LogP contribution in [0.2, 0.25) is 0 Å². The molecule has 0 spiro atoms. The van der Waals surface area contributed by atoms with Crippen molar-refractivity contribution in [3.8, 4) is 24.2 Å². The number of terminal acetylenes is 1. The van der Waals surface area contributed by atoms with Crippen molar-refractivity contribution in [3.05, 3.63) is 108 Å². The van der Waals surface area contributed by atoms with E-state index in [1.807, 2.05) is 18.2 Å². The molecule has 33 heavy (non-hydrogen) atoms. The monoisotopic (exact) mass is 432 g/mol. The van der Waals surface area contributed by atoms with Gasteiger partial charge in [-0.3, -0.25) is 9.59 Å². The average Bonchev–Trinajstić information content (AvgIpc) is 2.86. The van der Waals surface area contributed by atoms with Gasteiger partial charge in [0.2, 0.25) is 5.91 Å². The van der Waals surface area contributed by atoms with Crippen LogP contribution in [0.1, 0.15) is 21.5 Å². The predicted octanol–water partition coefficient (Wildman–Crippen LogP) is 5.14. The zero-order valence-electron chi connectivity index (χ0n) is 17.7. The lowest BCUT2D eigenvalue weighted by molar-refractivity contribution is -0.111. The molecule has 3 rings (SSSR count). The smallest absolute Gasteiger partial charge is 0.248 e. The number of nitrogens with one attached hydrogen (secondary N) is 1. The first-order valence-electron chi connectivity index (χ1n) is 10.1. The van der Waals surface area contributed by atoms with Gasteiger partial charge in [-0.1, -0.05) is 60.5 Å². The van der Waals surface area contributed by atoms with Gasteiger partial charge in [-0.25, -0.2) is 0 Å². The highest BCUT2D eigenvalue weighted by molar-refractivity contribution is 6.09. The van der Waals surface area contributed by atoms with Crippen LogP contribution >= 0.6 is 0 Å². The molecule has 5 heteroatoms. The number of carbonyl (C=O) groups is 2. The average molecular weight is 432 g/mol. The highest BCUT2D eigenvalue weighted by Gasteiger charge is 2.05. The van der Waals surface area contributed by atoms with Gasteiger partial charge in [-0.15, -0.1) is 6.42 Å². The van der Waals surface area contributed by atoms with Crippen molar-refractivity contribution in [1.82, 2.24) is 0 Å². The van der Waals surface area contributed by atoms with Gasteiger partial charge in [0, 0.05) is 17.3 Å². The van der Waals surface area contributed by atoms with Crippen molar-refractivity contribution in [1.29, 1.82) is 5.26 Å². The second kappa shape index (κ2) is 11.5. The van der Waals surface area contributed by atoms with Crippen LogP contribution in [0.5, 0.6) is 5.75 Å². The standard InChI is InChI=1S/C28H20N2O3/c1-2-18-33-26-14-8-21(9-15-26)19-24(20-29)22-10-12-25(13-11-22)30-28(32)17-16-27(31)23-6-4-3-5-7-23/h1,3-17,19H,18H2,(H,30,32)/b17-16+,24-19+. The molecule has 3 aromatic rings. The first-order chi connectivity index (χ1) is 16.1. The van der Waals surface area contributed by atoms with Crippen LogP contribution in [-0.4, -0.2) is 18.3 Å². The molecule has 3 aromatic carbocycles. The number of ether oxygens (including phenoxy) is 1. The summed E-state index contributed by atoms with van der Waals surface area (Å²) in [5, 5.41) is 12.3. The number of ketones is 1. The van der Waals surface area contributed by atoms with Crippen LogP contribution in [0.15, 0.2) is 91.0 Å². The molecular weight excluding hydrogens is 412 g/mol. The highest BCUT2D eigenvalue weighted by Crippen LogP contribution is 2.21. The van der Waals surface area contributed by atoms with Crippen LogP contribution in [0.3, 0.4) is 0 Å². The minimum Gasteiger partial charge on any atom is -0.481 e. The van der Waals surface area contributed by atoms with E-state index in [0.29, 0.717) is 28.1 Å². The maximum absolute atomic E-state index is 12.1. The highest BCUT2D eigenvalue weighted by atomic mass is 16.5. The Balaban J connectivity index is 1.63. The number of hydrogen-bond donors (Lipinski definition) is 1. The summed E-state index contributed by atoms with van der Waals surface area (Å²) in [5.74, 6) is 2.39. The Bertz CT molecular complexity index is 1260. The molecule has 160 valence electrons. The lowest BCUT2D eigenvalue weighted by atomic mass is 10.0. The molecule has 1 amide bonds. The molecule has 0 bridgehead atoms. The molecular formula is C28H20N2O3. The zero-order valence-corrected chi connectivity index (χ0v) is 17.7. The predicted molar refractivity (Wildman–Crippen MR) is 129 cm³/mol. The van der Waals surface area contributed by atoms with E-state index >= 15 is 0 Å². The first-order valence-corrected chi connectivity index (χ1v) is 10.1. The molecule has 1 N–H and O–H groups in total. The number of nitriles is 1. The van der Waals surface area contributed by atoms with E-state index in [4.69, 9.17) is 11.2 Å². The van der Waals surface area contributed by atoms with Gasteiger partial charge in [-0.05, 0) is 47.5 Å². The van der Waals surface area contributed by atoms with Crippen LogP contribution in [0.25, 0.3) is 11.6 Å². The van der Waals surface area contributed by atoms with Crippen molar-refractivity contribution in [3.63, 3.8) is 0 Å². The molecule has 0 unspecified atom stereocenters. The van der Waals surface area contributed by atoms with Gasteiger partial charge in [0.15, 0.2) is 5.78 Å². The molecule has 0 saturated carbocycles. The van der Waals surface area contributed by atoms with E-state index in [-0.39, 0.29) is 12.4 Å². The molecule has 0 radical (unpaired) electrons. The molecule has 0 atom stereocenters. The summed E-state index contributed by atoms with van der Waals surface area (Å²) in [6, 6.07) is 25.0. The first kappa shape index (κ1) is 22.8. The van der Waals surface area contributed by atoms with Gasteiger partial charge in [0.1, 0.15) is 12.4 Å². The zero-order chi connectivity index (χ0) is 23.5. The van der Waals surface area contributed by atoms with Crippen molar-refractivity contribution >= 4 is 29.0 Å². The van der Waals surface area contributed by atoms with E-state index in [1.54, 1.807) is 66.7 Å². The fraction of sp³-hybridized carbons (Fsp3) is 0.0357. The summed E-state index contributed by atoms with van der Waals surface area (Å²) >= 11 is 0. The third-order valence-corrected chi connectivity index (χ3v) is 4.54. The Hall–Kier alpha value is -4.87. The van der Waals surface area contributed by atoms with Gasteiger partial charge in [0.25, 0.3) is 0 Å². The van der Waals surface area contributed by atoms with Gasteiger partial charge >= 0.3 is 0 Å². The number of hydrogen-bond acceptors (Lipinski definition) is 4. The lowest BCUT2D eigenvalue weighted by Gasteiger charge is -2.05. The summed E-state index contributed by atoms with van der Waals surface area (Å²) in [6.07, 6.45) is 9.37. The van der Waals surface area contributed by atoms with E-state index in [1.165, 1.54) is 12.2 Å². The Morgan fingerprint density at radius 3 is 2.24 bits per heavy atom. The number of rotatable bonds is 8. The third kappa shape index (κ3) is 6.82. The molecule has 0 fully saturated rings. The number of anilines is 1. The quantitative estimate of drug-likeness (QED) is 0.176. The number of allylic oxidation sites excluding steroid dienone is 2. The van der Waals surface area contributed by atoms with Crippen LogP contribution in [0.4, 0.5) is 5.69 Å². The summed E-state index contributed by atoms with van der Waals surface area (Å²) in [6.45, 7) is 0.195. The van der Waals surface area contributed by atoms with Crippen molar-refractivity contribution < 1.29 is 14.3 Å². The second-order valence-electron chi connectivity index (χ2n) is 6.86. The summed E-state index contributed by atoms with van der Waals surface area (Å²) in [7, 11) is 0. The fourth-order valence-corrected chi connectivity index (χ4v) is 2.90. The Morgan fingerprint density at radius 1 is 0.909 bits per heavy atom. The van der Waals surface area contributed by atoms with Crippen LogP contribution in [-0.2, 0) is 4.79 Å². The minimum atomic E-state index is -0.421. The largest absolute Gasteiger partial charge is 0.481 e. The fourth-order valence-electron chi connectivity index (χ4n) is 2.90. The molecule has 0 aliphatic carbocycles. The van der Waals surface area contributed by atoms with Crippen LogP contribution in [0, 0.1) is 23.7 Å². The Labute approximate surface area is 192 Å². The number of carbonyl (C=O) groups excluding carboxylic acids is 2.